The highest BCUT2D eigenvalue weighted by Crippen LogP contribution is 2.42. The number of hydrogen-bond donors (Lipinski definition) is 0. The lowest BCUT2D eigenvalue weighted by molar-refractivity contribution is -0.110. The van der Waals surface area contributed by atoms with E-state index < -0.39 is 0 Å². The average Bonchev–Trinajstić information content (AvgIpc) is 2.98. The van der Waals surface area contributed by atoms with E-state index in [1.807, 2.05) is 0 Å². The molecule has 0 bridgehead atoms. The molecule has 2 heterocycles. The van der Waals surface area contributed by atoms with Crippen LogP contribution in [0.1, 0.15) is 19.3 Å². The fraction of sp³-hybridized carbons (Fsp3) is 0.846. The maximum absolute atomic E-state index is 5.88. The van der Waals surface area contributed by atoms with Gasteiger partial charge < -0.3 is 18.9 Å². The Morgan fingerprint density at radius 3 is 3.00 bits per heavy atom. The molecule has 2 saturated heterocycles. The van der Waals surface area contributed by atoms with E-state index in [0.29, 0.717) is 37.9 Å². The molecule has 0 aromatic rings. The molecule has 3 rings (SSSR count). The maximum Gasteiger partial charge on any atom is 0.161 e. The van der Waals surface area contributed by atoms with Crippen LogP contribution in [0.5, 0.6) is 0 Å². The second kappa shape index (κ2) is 5.06. The van der Waals surface area contributed by atoms with Crippen molar-refractivity contribution in [3.8, 4) is 0 Å². The van der Waals surface area contributed by atoms with E-state index in [1.54, 1.807) is 6.08 Å². The molecular formula is C13H20O4. The van der Waals surface area contributed by atoms with Crippen molar-refractivity contribution in [2.24, 2.45) is 5.92 Å². The number of rotatable bonds is 5. The molecule has 17 heavy (non-hydrogen) atoms. The van der Waals surface area contributed by atoms with Crippen LogP contribution in [-0.4, -0.2) is 44.4 Å². The van der Waals surface area contributed by atoms with Gasteiger partial charge in [-0.15, -0.1) is 6.58 Å². The normalized spacial score (nSPS) is 44.4. The van der Waals surface area contributed by atoms with Crippen LogP contribution in [0.2, 0.25) is 0 Å². The predicted octanol–water partition coefficient (Wildman–Crippen LogP) is 1.50. The Bertz CT molecular complexity index is 281. The van der Waals surface area contributed by atoms with E-state index in [0.717, 1.165) is 19.3 Å². The molecule has 4 heteroatoms. The Morgan fingerprint density at radius 2 is 2.18 bits per heavy atom. The number of epoxide rings is 1. The van der Waals surface area contributed by atoms with Crippen LogP contribution < -0.4 is 0 Å². The smallest absolute Gasteiger partial charge is 0.161 e. The molecule has 3 fully saturated rings. The van der Waals surface area contributed by atoms with Crippen molar-refractivity contribution in [2.45, 2.75) is 43.9 Å². The monoisotopic (exact) mass is 240 g/mol. The molecule has 5 unspecified atom stereocenters. The minimum atomic E-state index is -0.0440. The zero-order valence-corrected chi connectivity index (χ0v) is 10.0. The van der Waals surface area contributed by atoms with Gasteiger partial charge in [0, 0.05) is 5.92 Å². The summed E-state index contributed by atoms with van der Waals surface area (Å²) in [6, 6.07) is 0. The lowest BCUT2D eigenvalue weighted by atomic mass is 9.89. The highest BCUT2D eigenvalue weighted by atomic mass is 16.7. The largest absolute Gasteiger partial charge is 0.375 e. The Labute approximate surface area is 102 Å². The van der Waals surface area contributed by atoms with E-state index in [1.165, 1.54) is 0 Å². The van der Waals surface area contributed by atoms with Gasteiger partial charge in [-0.3, -0.25) is 0 Å². The second-order valence-electron chi connectivity index (χ2n) is 5.07. The highest BCUT2D eigenvalue weighted by molar-refractivity contribution is 4.93. The van der Waals surface area contributed by atoms with Crippen LogP contribution in [0.15, 0.2) is 12.7 Å². The lowest BCUT2D eigenvalue weighted by Crippen LogP contribution is -2.28. The van der Waals surface area contributed by atoms with Crippen LogP contribution in [-0.2, 0) is 18.9 Å². The molecule has 4 nitrogen and oxygen atoms in total. The van der Waals surface area contributed by atoms with Gasteiger partial charge in [-0.25, -0.2) is 0 Å². The molecule has 0 spiro atoms. The van der Waals surface area contributed by atoms with Gasteiger partial charge in [0.25, 0.3) is 0 Å². The Morgan fingerprint density at radius 1 is 1.24 bits per heavy atom. The third-order valence-corrected chi connectivity index (χ3v) is 3.74. The quantitative estimate of drug-likeness (QED) is 0.415. The van der Waals surface area contributed by atoms with Crippen molar-refractivity contribution in [2.75, 3.05) is 19.8 Å². The zero-order chi connectivity index (χ0) is 11.7. The summed E-state index contributed by atoms with van der Waals surface area (Å²) in [5, 5.41) is 0. The molecule has 0 aromatic heterocycles. The third-order valence-electron chi connectivity index (χ3n) is 3.74. The Balaban J connectivity index is 1.41. The summed E-state index contributed by atoms with van der Waals surface area (Å²) >= 11 is 0. The van der Waals surface area contributed by atoms with Gasteiger partial charge in [-0.1, -0.05) is 6.08 Å². The fourth-order valence-corrected chi connectivity index (χ4v) is 2.77. The first kappa shape index (κ1) is 11.7. The Hall–Kier alpha value is -0.420. The van der Waals surface area contributed by atoms with Gasteiger partial charge in [0.05, 0.1) is 32.0 Å². The average molecular weight is 240 g/mol. The summed E-state index contributed by atoms with van der Waals surface area (Å²) in [6.07, 6.45) is 6.23. The van der Waals surface area contributed by atoms with E-state index >= 15 is 0 Å². The first-order valence-electron chi connectivity index (χ1n) is 6.48. The standard InChI is InChI=1S/C13H20O4/c1-2-5-14-7-10-8-15-13(16-10)9-3-4-11-12(6-9)17-11/h2,9-13H,1,3-8H2. The van der Waals surface area contributed by atoms with Gasteiger partial charge in [0.15, 0.2) is 6.29 Å². The van der Waals surface area contributed by atoms with Crippen LogP contribution in [0.25, 0.3) is 0 Å². The van der Waals surface area contributed by atoms with Gasteiger partial charge >= 0.3 is 0 Å². The summed E-state index contributed by atoms with van der Waals surface area (Å²) in [4.78, 5) is 0. The summed E-state index contributed by atoms with van der Waals surface area (Å²) in [7, 11) is 0. The molecule has 3 aliphatic rings. The molecule has 0 aromatic carbocycles. The summed E-state index contributed by atoms with van der Waals surface area (Å²) < 4.78 is 22.5. The summed E-state index contributed by atoms with van der Waals surface area (Å²) in [5.41, 5.74) is 0. The van der Waals surface area contributed by atoms with Gasteiger partial charge in [0.1, 0.15) is 6.10 Å². The lowest BCUT2D eigenvalue weighted by Gasteiger charge is -2.24. The molecule has 1 saturated carbocycles. The topological polar surface area (TPSA) is 40.2 Å². The molecule has 1 aliphatic carbocycles. The zero-order valence-electron chi connectivity index (χ0n) is 10.0. The Kier molecular flexibility index (Phi) is 3.47. The van der Waals surface area contributed by atoms with E-state index in [2.05, 4.69) is 6.58 Å². The minimum absolute atomic E-state index is 0.0440. The first-order chi connectivity index (χ1) is 8.36. The van der Waals surface area contributed by atoms with Crippen LogP contribution in [0, 0.1) is 5.92 Å². The van der Waals surface area contributed by atoms with E-state index in [4.69, 9.17) is 18.9 Å². The predicted molar refractivity (Wildman–Crippen MR) is 61.6 cm³/mol. The van der Waals surface area contributed by atoms with Crippen LogP contribution in [0.4, 0.5) is 0 Å². The molecule has 96 valence electrons. The molecule has 0 N–H and O–H groups in total. The molecule has 0 radical (unpaired) electrons. The van der Waals surface area contributed by atoms with Crippen molar-refractivity contribution in [1.29, 1.82) is 0 Å². The summed E-state index contributed by atoms with van der Waals surface area (Å²) in [6.45, 7) is 5.43. The molecular weight excluding hydrogens is 220 g/mol. The molecule has 2 aliphatic heterocycles. The van der Waals surface area contributed by atoms with Crippen molar-refractivity contribution >= 4 is 0 Å². The minimum Gasteiger partial charge on any atom is -0.375 e. The van der Waals surface area contributed by atoms with Crippen molar-refractivity contribution in [3.05, 3.63) is 12.7 Å². The maximum atomic E-state index is 5.88. The summed E-state index contributed by atoms with van der Waals surface area (Å²) in [5.74, 6) is 0.503. The van der Waals surface area contributed by atoms with Gasteiger partial charge in [0.2, 0.25) is 0 Å². The SMILES string of the molecule is C=CCOCC1COC(C2CCC3OC3C2)O1. The number of ether oxygens (including phenoxy) is 4. The van der Waals surface area contributed by atoms with Crippen LogP contribution >= 0.6 is 0 Å². The number of fused-ring (bicyclic) bond motifs is 1. The van der Waals surface area contributed by atoms with E-state index in [-0.39, 0.29) is 12.4 Å². The van der Waals surface area contributed by atoms with Gasteiger partial charge in [-0.05, 0) is 19.3 Å². The molecule has 5 atom stereocenters. The highest BCUT2D eigenvalue weighted by Gasteiger charge is 2.47. The first-order valence-corrected chi connectivity index (χ1v) is 6.48. The third kappa shape index (κ3) is 2.71. The van der Waals surface area contributed by atoms with Gasteiger partial charge in [-0.2, -0.15) is 0 Å². The second-order valence-corrected chi connectivity index (χ2v) is 5.07. The van der Waals surface area contributed by atoms with Crippen molar-refractivity contribution in [1.82, 2.24) is 0 Å². The van der Waals surface area contributed by atoms with E-state index in [9.17, 15) is 0 Å². The van der Waals surface area contributed by atoms with Crippen LogP contribution in [0.3, 0.4) is 0 Å². The fourth-order valence-electron chi connectivity index (χ4n) is 2.77. The number of hydrogen-bond acceptors (Lipinski definition) is 4. The molecule has 0 amide bonds. The van der Waals surface area contributed by atoms with Crippen molar-refractivity contribution < 1.29 is 18.9 Å². The van der Waals surface area contributed by atoms with Crippen molar-refractivity contribution in [3.63, 3.8) is 0 Å².